The predicted molar refractivity (Wildman–Crippen MR) is 46.6 cm³/mol. The van der Waals surface area contributed by atoms with E-state index in [9.17, 15) is 0 Å². The topological polar surface area (TPSA) is 39.2 Å². The fraction of sp³-hybridized carbons (Fsp3) is 0.111. The van der Waals surface area contributed by atoms with Gasteiger partial charge >= 0.3 is 0 Å². The van der Waals surface area contributed by atoms with Crippen LogP contribution in [-0.4, -0.2) is 0 Å². The van der Waals surface area contributed by atoms with Crippen LogP contribution in [0.3, 0.4) is 0 Å². The molecule has 0 unspecified atom stereocenters. The highest BCUT2D eigenvalue weighted by molar-refractivity contribution is 5.61. The second kappa shape index (κ2) is 3.10. The minimum atomic E-state index is 0.759. The van der Waals surface area contributed by atoms with Gasteiger partial charge in [0.1, 0.15) is 5.76 Å². The van der Waals surface area contributed by atoms with Crippen LogP contribution in [0.1, 0.15) is 18.2 Å². The van der Waals surface area contributed by atoms with Gasteiger partial charge in [0.25, 0.3) is 0 Å². The van der Waals surface area contributed by atoms with Gasteiger partial charge in [-0.2, -0.15) is 0 Å². The van der Waals surface area contributed by atoms with E-state index in [1.54, 1.807) is 12.3 Å². The number of rotatable bonds is 2. The molecule has 0 aliphatic heterocycles. The molecule has 0 amide bonds. The van der Waals surface area contributed by atoms with Crippen molar-refractivity contribution in [3.63, 3.8) is 0 Å². The number of furan rings is 1. The van der Waals surface area contributed by atoms with Crippen molar-refractivity contribution in [2.75, 3.05) is 0 Å². The Morgan fingerprint density at radius 2 is 2.45 bits per heavy atom. The van der Waals surface area contributed by atoms with Gasteiger partial charge in [-0.25, -0.2) is 0 Å². The molecule has 1 aromatic rings. The van der Waals surface area contributed by atoms with Gasteiger partial charge in [0.2, 0.25) is 0 Å². The first-order valence-electron chi connectivity index (χ1n) is 3.37. The zero-order chi connectivity index (χ0) is 8.27. The van der Waals surface area contributed by atoms with Crippen molar-refractivity contribution < 1.29 is 4.42 Å². The minimum absolute atomic E-state index is 0.759. The number of hydrogen-bond acceptors (Lipinski definition) is 2. The summed E-state index contributed by atoms with van der Waals surface area (Å²) in [4.78, 5) is 0. The maximum absolute atomic E-state index is 5.49. The molecule has 0 saturated heterocycles. The molecule has 0 radical (unpaired) electrons. The van der Waals surface area contributed by atoms with Crippen LogP contribution in [0.2, 0.25) is 0 Å². The van der Waals surface area contributed by atoms with E-state index in [-0.39, 0.29) is 0 Å². The largest absolute Gasteiger partial charge is 0.464 e. The Balaban J connectivity index is 3.03. The Labute approximate surface area is 66.0 Å². The summed E-state index contributed by atoms with van der Waals surface area (Å²) >= 11 is 0. The zero-order valence-corrected chi connectivity index (χ0v) is 6.50. The third-order valence-electron chi connectivity index (χ3n) is 1.30. The van der Waals surface area contributed by atoms with Crippen molar-refractivity contribution >= 4 is 12.2 Å². The molecule has 0 spiro atoms. The standard InChI is InChI=1S/C9H11NO/c1-3-9-8(4-5-11-9)6-7(2)10/h3-6H,1,10H2,2H3/b7-6+. The van der Waals surface area contributed by atoms with E-state index in [0.29, 0.717) is 0 Å². The van der Waals surface area contributed by atoms with Gasteiger partial charge in [0.15, 0.2) is 0 Å². The first-order chi connectivity index (χ1) is 5.24. The zero-order valence-electron chi connectivity index (χ0n) is 6.50. The monoisotopic (exact) mass is 149 g/mol. The van der Waals surface area contributed by atoms with Crippen molar-refractivity contribution in [1.82, 2.24) is 0 Å². The first kappa shape index (κ1) is 7.66. The van der Waals surface area contributed by atoms with Gasteiger partial charge < -0.3 is 10.2 Å². The summed E-state index contributed by atoms with van der Waals surface area (Å²) in [7, 11) is 0. The van der Waals surface area contributed by atoms with Crippen molar-refractivity contribution in [2.45, 2.75) is 6.92 Å². The normalized spacial score (nSPS) is 11.5. The Kier molecular flexibility index (Phi) is 2.16. The lowest BCUT2D eigenvalue weighted by atomic mass is 10.2. The van der Waals surface area contributed by atoms with E-state index in [4.69, 9.17) is 10.2 Å². The van der Waals surface area contributed by atoms with E-state index in [2.05, 4.69) is 6.58 Å². The van der Waals surface area contributed by atoms with Crippen LogP contribution in [-0.2, 0) is 0 Å². The maximum Gasteiger partial charge on any atom is 0.133 e. The van der Waals surface area contributed by atoms with Crippen LogP contribution in [0.15, 0.2) is 29.0 Å². The van der Waals surface area contributed by atoms with Gasteiger partial charge in [0.05, 0.1) is 6.26 Å². The minimum Gasteiger partial charge on any atom is -0.464 e. The van der Waals surface area contributed by atoms with Crippen LogP contribution in [0.5, 0.6) is 0 Å². The number of allylic oxidation sites excluding steroid dienone is 1. The fourth-order valence-electron chi connectivity index (χ4n) is 0.861. The lowest BCUT2D eigenvalue weighted by Crippen LogP contribution is -1.89. The third-order valence-corrected chi connectivity index (χ3v) is 1.30. The summed E-state index contributed by atoms with van der Waals surface area (Å²) in [5.41, 5.74) is 7.22. The molecule has 1 aromatic heterocycles. The van der Waals surface area contributed by atoms with Crippen LogP contribution in [0, 0.1) is 0 Å². The molecule has 0 bridgehead atoms. The van der Waals surface area contributed by atoms with E-state index in [1.165, 1.54) is 0 Å². The lowest BCUT2D eigenvalue weighted by Gasteiger charge is -1.90. The van der Waals surface area contributed by atoms with Gasteiger partial charge in [-0.3, -0.25) is 0 Å². The van der Waals surface area contributed by atoms with E-state index in [0.717, 1.165) is 17.0 Å². The van der Waals surface area contributed by atoms with Crippen LogP contribution in [0.4, 0.5) is 0 Å². The third kappa shape index (κ3) is 1.74. The summed E-state index contributed by atoms with van der Waals surface area (Å²) in [5.74, 6) is 0.759. The van der Waals surface area contributed by atoms with E-state index in [1.807, 2.05) is 19.1 Å². The molecule has 58 valence electrons. The highest BCUT2D eigenvalue weighted by Crippen LogP contribution is 2.13. The van der Waals surface area contributed by atoms with Crippen LogP contribution in [0.25, 0.3) is 12.2 Å². The molecule has 11 heavy (non-hydrogen) atoms. The average Bonchev–Trinajstić information content (AvgIpc) is 2.34. The molecule has 0 fully saturated rings. The predicted octanol–water partition coefficient (Wildman–Crippen LogP) is 2.24. The van der Waals surface area contributed by atoms with Gasteiger partial charge in [-0.1, -0.05) is 6.58 Å². The Morgan fingerprint density at radius 3 is 3.00 bits per heavy atom. The van der Waals surface area contributed by atoms with Crippen molar-refractivity contribution in [3.8, 4) is 0 Å². The molecule has 2 nitrogen and oxygen atoms in total. The van der Waals surface area contributed by atoms with Crippen LogP contribution < -0.4 is 5.73 Å². The van der Waals surface area contributed by atoms with Gasteiger partial charge in [-0.15, -0.1) is 0 Å². The van der Waals surface area contributed by atoms with Crippen molar-refractivity contribution in [1.29, 1.82) is 0 Å². The van der Waals surface area contributed by atoms with E-state index < -0.39 is 0 Å². The van der Waals surface area contributed by atoms with Crippen molar-refractivity contribution in [2.24, 2.45) is 5.73 Å². The molecule has 2 N–H and O–H groups in total. The fourth-order valence-corrected chi connectivity index (χ4v) is 0.861. The summed E-state index contributed by atoms with van der Waals surface area (Å²) in [6, 6.07) is 1.85. The molecular formula is C9H11NO. The Morgan fingerprint density at radius 1 is 1.73 bits per heavy atom. The molecule has 0 atom stereocenters. The van der Waals surface area contributed by atoms with Gasteiger partial charge in [-0.05, 0) is 25.1 Å². The number of hydrogen-bond donors (Lipinski definition) is 1. The summed E-state index contributed by atoms with van der Waals surface area (Å²) in [6.07, 6.45) is 5.13. The highest BCUT2D eigenvalue weighted by atomic mass is 16.3. The molecular weight excluding hydrogens is 138 g/mol. The summed E-state index contributed by atoms with van der Waals surface area (Å²) in [5, 5.41) is 0. The van der Waals surface area contributed by atoms with Crippen molar-refractivity contribution in [3.05, 3.63) is 35.9 Å². The van der Waals surface area contributed by atoms with Crippen LogP contribution >= 0.6 is 0 Å². The molecule has 0 aliphatic rings. The second-order valence-electron chi connectivity index (χ2n) is 2.33. The quantitative estimate of drug-likeness (QED) is 0.700. The van der Waals surface area contributed by atoms with Gasteiger partial charge in [0, 0.05) is 11.3 Å². The summed E-state index contributed by atoms with van der Waals surface area (Å²) < 4.78 is 5.10. The molecule has 0 aromatic carbocycles. The average molecular weight is 149 g/mol. The SMILES string of the molecule is C=Cc1occc1/C=C(\C)N. The maximum atomic E-state index is 5.49. The second-order valence-corrected chi connectivity index (χ2v) is 2.33. The smallest absolute Gasteiger partial charge is 0.133 e. The highest BCUT2D eigenvalue weighted by Gasteiger charge is 1.97. The lowest BCUT2D eigenvalue weighted by molar-refractivity contribution is 0.556. The summed E-state index contributed by atoms with van der Waals surface area (Å²) in [6.45, 7) is 5.44. The molecule has 1 heterocycles. The molecule has 1 rings (SSSR count). The Bertz CT molecular complexity index is 280. The molecule has 2 heteroatoms. The molecule has 0 aliphatic carbocycles. The Hall–Kier alpha value is -1.44. The van der Waals surface area contributed by atoms with E-state index >= 15 is 0 Å². The molecule has 0 saturated carbocycles. The number of nitrogens with two attached hydrogens (primary N) is 1. The first-order valence-corrected chi connectivity index (χ1v) is 3.37.